The van der Waals surface area contributed by atoms with Crippen LogP contribution >= 0.6 is 15.9 Å². The van der Waals surface area contributed by atoms with Gasteiger partial charge in [0, 0.05) is 34.7 Å². The average Bonchev–Trinajstić information content (AvgIpc) is 2.38. The molecule has 2 rings (SSSR count). The molecule has 0 radical (unpaired) electrons. The molecule has 3 unspecified atom stereocenters. The molecule has 1 saturated heterocycles. The summed E-state index contributed by atoms with van der Waals surface area (Å²) in [5.74, 6) is 0.499. The van der Waals surface area contributed by atoms with Gasteiger partial charge in [-0.15, -0.1) is 0 Å². The van der Waals surface area contributed by atoms with Crippen LogP contribution in [-0.4, -0.2) is 35.5 Å². The Morgan fingerprint density at radius 3 is 2.71 bits per heavy atom. The lowest BCUT2D eigenvalue weighted by Crippen LogP contribution is -2.48. The van der Waals surface area contributed by atoms with Crippen LogP contribution in [-0.2, 0) is 0 Å². The Morgan fingerprint density at radius 2 is 2.10 bits per heavy atom. The second-order valence-electron chi connectivity index (χ2n) is 6.13. The lowest BCUT2D eigenvalue weighted by atomic mass is 9.89. The largest absolute Gasteiger partial charge is 0.381 e. The molecule has 0 bridgehead atoms. The van der Waals surface area contributed by atoms with Gasteiger partial charge in [0.15, 0.2) is 0 Å². The van der Waals surface area contributed by atoms with Crippen LogP contribution in [0.15, 0.2) is 16.6 Å². The van der Waals surface area contributed by atoms with E-state index in [0.717, 1.165) is 23.1 Å². The van der Waals surface area contributed by atoms with Gasteiger partial charge in [0.05, 0.1) is 10.6 Å². The number of hydrogen-bond donors (Lipinski definition) is 1. The molecular weight excluding hydrogens is 334 g/mol. The summed E-state index contributed by atoms with van der Waals surface area (Å²) in [5.41, 5.74) is 1.64. The van der Waals surface area contributed by atoms with Crippen LogP contribution in [0, 0.1) is 23.0 Å². The highest BCUT2D eigenvalue weighted by Crippen LogP contribution is 2.33. The van der Waals surface area contributed by atoms with Crippen molar-refractivity contribution in [1.29, 1.82) is 0 Å². The Morgan fingerprint density at radius 1 is 1.43 bits per heavy atom. The zero-order chi connectivity index (χ0) is 15.7. The molecule has 0 amide bonds. The van der Waals surface area contributed by atoms with Crippen molar-refractivity contribution in [3.63, 3.8) is 0 Å². The maximum atomic E-state index is 11.1. The van der Waals surface area contributed by atoms with Crippen molar-refractivity contribution < 1.29 is 4.92 Å². The van der Waals surface area contributed by atoms with Crippen molar-refractivity contribution in [3.05, 3.63) is 32.3 Å². The monoisotopic (exact) mass is 355 g/mol. The van der Waals surface area contributed by atoms with Crippen molar-refractivity contribution >= 4 is 27.3 Å². The Hall–Kier alpha value is -1.14. The minimum absolute atomic E-state index is 0.161. The van der Waals surface area contributed by atoms with Crippen molar-refractivity contribution in [2.45, 2.75) is 39.3 Å². The molecule has 1 heterocycles. The number of nitro groups is 1. The van der Waals surface area contributed by atoms with Gasteiger partial charge in [-0.25, -0.2) is 0 Å². The normalized spacial score (nSPS) is 26.6. The number of rotatable bonds is 3. The first-order chi connectivity index (χ1) is 9.79. The van der Waals surface area contributed by atoms with E-state index in [-0.39, 0.29) is 10.6 Å². The average molecular weight is 356 g/mol. The third kappa shape index (κ3) is 3.55. The number of anilines is 1. The van der Waals surface area contributed by atoms with Crippen molar-refractivity contribution in [2.24, 2.45) is 5.92 Å². The Balaban J connectivity index is 2.23. The summed E-state index contributed by atoms with van der Waals surface area (Å²) in [7, 11) is 2.14. The highest BCUT2D eigenvalue weighted by Gasteiger charge is 2.29. The molecule has 1 aromatic rings. The highest BCUT2D eigenvalue weighted by molar-refractivity contribution is 9.10. The smallest absolute Gasteiger partial charge is 0.274 e. The first-order valence-electron chi connectivity index (χ1n) is 7.21. The summed E-state index contributed by atoms with van der Waals surface area (Å²) < 4.78 is 0.879. The van der Waals surface area contributed by atoms with Crippen LogP contribution in [0.4, 0.5) is 11.4 Å². The number of hydrogen-bond acceptors (Lipinski definition) is 4. The summed E-state index contributed by atoms with van der Waals surface area (Å²) in [5, 5.41) is 14.6. The molecule has 0 aliphatic carbocycles. The second kappa shape index (κ2) is 6.32. The zero-order valence-corrected chi connectivity index (χ0v) is 14.5. The van der Waals surface area contributed by atoms with E-state index in [0.29, 0.717) is 23.6 Å². The van der Waals surface area contributed by atoms with Gasteiger partial charge in [-0.3, -0.25) is 10.1 Å². The van der Waals surface area contributed by atoms with Gasteiger partial charge in [0.2, 0.25) is 0 Å². The summed E-state index contributed by atoms with van der Waals surface area (Å²) in [6.45, 7) is 7.22. The van der Waals surface area contributed by atoms with Gasteiger partial charge >= 0.3 is 0 Å². The SMILES string of the molecule is Cc1cc(Br)c(NC2CC(C)N(C)CC2C)cc1[N+](=O)[O-]. The highest BCUT2D eigenvalue weighted by atomic mass is 79.9. The standard InChI is InChI=1S/C15H22BrN3O2/c1-9-5-12(16)14(7-15(9)19(20)21)17-13-6-11(3)18(4)8-10(13)2/h5,7,10-11,13,17H,6,8H2,1-4H3. The summed E-state index contributed by atoms with van der Waals surface area (Å²) >= 11 is 3.51. The maximum Gasteiger partial charge on any atom is 0.274 e. The third-order valence-corrected chi connectivity index (χ3v) is 5.09. The van der Waals surface area contributed by atoms with Crippen LogP contribution in [0.2, 0.25) is 0 Å². The van der Waals surface area contributed by atoms with Gasteiger partial charge < -0.3 is 10.2 Å². The molecule has 1 N–H and O–H groups in total. The van der Waals surface area contributed by atoms with Crippen LogP contribution in [0.5, 0.6) is 0 Å². The van der Waals surface area contributed by atoms with Crippen molar-refractivity contribution in [1.82, 2.24) is 4.90 Å². The van der Waals surface area contributed by atoms with Gasteiger partial charge in [-0.05, 0) is 55.2 Å². The van der Waals surface area contributed by atoms with E-state index in [1.807, 2.05) is 6.07 Å². The summed E-state index contributed by atoms with van der Waals surface area (Å²) in [6.07, 6.45) is 1.03. The second-order valence-corrected chi connectivity index (χ2v) is 6.98. The molecule has 1 aliphatic rings. The van der Waals surface area contributed by atoms with Gasteiger partial charge in [0.25, 0.3) is 5.69 Å². The number of benzene rings is 1. The molecule has 0 saturated carbocycles. The molecule has 1 aliphatic heterocycles. The zero-order valence-electron chi connectivity index (χ0n) is 12.9. The fourth-order valence-electron chi connectivity index (χ4n) is 2.91. The lowest BCUT2D eigenvalue weighted by molar-refractivity contribution is -0.385. The molecule has 5 nitrogen and oxygen atoms in total. The lowest BCUT2D eigenvalue weighted by Gasteiger charge is -2.40. The number of nitrogens with one attached hydrogen (secondary N) is 1. The molecular formula is C15H22BrN3O2. The Labute approximate surface area is 134 Å². The summed E-state index contributed by atoms with van der Waals surface area (Å²) in [6, 6.07) is 4.28. The number of aryl methyl sites for hydroxylation is 1. The first kappa shape index (κ1) is 16.2. The number of halogens is 1. The Kier molecular flexibility index (Phi) is 4.88. The van der Waals surface area contributed by atoms with E-state index in [1.165, 1.54) is 0 Å². The van der Waals surface area contributed by atoms with E-state index in [1.54, 1.807) is 13.0 Å². The van der Waals surface area contributed by atoms with Gasteiger partial charge in [-0.2, -0.15) is 0 Å². The van der Waals surface area contributed by atoms with Crippen LogP contribution in [0.1, 0.15) is 25.8 Å². The fourth-order valence-corrected chi connectivity index (χ4v) is 3.48. The van der Waals surface area contributed by atoms with E-state index >= 15 is 0 Å². The van der Waals surface area contributed by atoms with E-state index in [2.05, 4.69) is 47.0 Å². The Bertz CT molecular complexity index is 550. The summed E-state index contributed by atoms with van der Waals surface area (Å²) in [4.78, 5) is 13.1. The molecule has 0 aromatic heterocycles. The predicted molar refractivity (Wildman–Crippen MR) is 88.8 cm³/mol. The number of piperidine rings is 1. The molecule has 3 atom stereocenters. The van der Waals surface area contributed by atoms with Gasteiger partial charge in [0.1, 0.15) is 0 Å². The van der Waals surface area contributed by atoms with Crippen LogP contribution in [0.25, 0.3) is 0 Å². The number of nitrogens with zero attached hydrogens (tertiary/aromatic N) is 2. The minimum Gasteiger partial charge on any atom is -0.381 e. The predicted octanol–water partition coefficient (Wildman–Crippen LogP) is 3.81. The molecule has 116 valence electrons. The van der Waals surface area contributed by atoms with E-state index in [4.69, 9.17) is 0 Å². The topological polar surface area (TPSA) is 58.4 Å². The minimum atomic E-state index is -0.326. The van der Waals surface area contributed by atoms with E-state index in [9.17, 15) is 10.1 Å². The third-order valence-electron chi connectivity index (χ3n) is 4.43. The fraction of sp³-hybridized carbons (Fsp3) is 0.600. The first-order valence-corrected chi connectivity index (χ1v) is 8.00. The number of likely N-dealkylation sites (tertiary alicyclic amines) is 1. The van der Waals surface area contributed by atoms with Crippen molar-refractivity contribution in [3.8, 4) is 0 Å². The van der Waals surface area contributed by atoms with Crippen molar-refractivity contribution in [2.75, 3.05) is 18.9 Å². The molecule has 6 heteroatoms. The maximum absolute atomic E-state index is 11.1. The van der Waals surface area contributed by atoms with E-state index < -0.39 is 0 Å². The molecule has 21 heavy (non-hydrogen) atoms. The quantitative estimate of drug-likeness (QED) is 0.661. The molecule has 1 fully saturated rings. The van der Waals surface area contributed by atoms with Crippen LogP contribution in [0.3, 0.4) is 0 Å². The molecule has 0 spiro atoms. The van der Waals surface area contributed by atoms with Gasteiger partial charge in [-0.1, -0.05) is 6.92 Å². The molecule has 1 aromatic carbocycles. The number of nitro benzene ring substituents is 1. The van der Waals surface area contributed by atoms with Crippen LogP contribution < -0.4 is 5.32 Å².